The van der Waals surface area contributed by atoms with Crippen molar-refractivity contribution in [1.82, 2.24) is 4.90 Å². The first-order valence-electron chi connectivity index (χ1n) is 7.74. The highest BCUT2D eigenvalue weighted by molar-refractivity contribution is 5.45. The Balaban J connectivity index is 1.96. The van der Waals surface area contributed by atoms with Crippen LogP contribution in [-0.4, -0.2) is 30.7 Å². The van der Waals surface area contributed by atoms with Gasteiger partial charge >= 0.3 is 0 Å². The number of nitrogens with zero attached hydrogens (tertiary/aromatic N) is 1. The highest BCUT2D eigenvalue weighted by Gasteiger charge is 2.26. The van der Waals surface area contributed by atoms with Crippen LogP contribution in [0.4, 0.5) is 0 Å². The van der Waals surface area contributed by atoms with Crippen LogP contribution in [0, 0.1) is 6.92 Å². The fraction of sp³-hybridized carbons (Fsp3) is 0.368. The Morgan fingerprint density at radius 1 is 1.23 bits per heavy atom. The highest BCUT2D eigenvalue weighted by Crippen LogP contribution is 2.35. The smallest absolute Gasteiger partial charge is 0.122 e. The second kappa shape index (κ2) is 6.01. The molecule has 2 aromatic carbocycles. The van der Waals surface area contributed by atoms with E-state index in [4.69, 9.17) is 4.74 Å². The lowest BCUT2D eigenvalue weighted by atomic mass is 9.87. The fourth-order valence-corrected chi connectivity index (χ4v) is 3.32. The number of phenols is 1. The number of hydrogen-bond acceptors (Lipinski definition) is 3. The zero-order chi connectivity index (χ0) is 15.7. The van der Waals surface area contributed by atoms with E-state index in [0.29, 0.717) is 11.8 Å². The van der Waals surface area contributed by atoms with Crippen LogP contribution < -0.4 is 4.74 Å². The van der Waals surface area contributed by atoms with Crippen LogP contribution in [0.5, 0.6) is 11.5 Å². The molecule has 116 valence electrons. The zero-order valence-corrected chi connectivity index (χ0v) is 13.5. The van der Waals surface area contributed by atoms with E-state index < -0.39 is 0 Å². The number of ether oxygens (including phenoxy) is 1. The summed E-state index contributed by atoms with van der Waals surface area (Å²) in [7, 11) is 3.91. The fourth-order valence-electron chi connectivity index (χ4n) is 3.32. The Morgan fingerprint density at radius 3 is 2.64 bits per heavy atom. The molecule has 1 N–H and O–H groups in total. The van der Waals surface area contributed by atoms with Gasteiger partial charge in [0.05, 0.1) is 7.11 Å². The van der Waals surface area contributed by atoms with Gasteiger partial charge in [0.2, 0.25) is 0 Å². The minimum Gasteiger partial charge on any atom is -0.508 e. The SMILES string of the molecule is COc1cc2c(cc1C)CCN(C)C2Cc1ccc(O)cc1. The van der Waals surface area contributed by atoms with E-state index >= 15 is 0 Å². The average Bonchev–Trinajstić information content (AvgIpc) is 2.52. The minimum atomic E-state index is 0.318. The molecule has 0 radical (unpaired) electrons. The molecule has 3 nitrogen and oxygen atoms in total. The molecule has 0 aliphatic carbocycles. The summed E-state index contributed by atoms with van der Waals surface area (Å²) in [6.45, 7) is 3.17. The van der Waals surface area contributed by atoms with Crippen LogP contribution in [0.1, 0.15) is 28.3 Å². The number of likely N-dealkylation sites (N-methyl/N-ethyl adjacent to an activating group) is 1. The maximum Gasteiger partial charge on any atom is 0.122 e. The average molecular weight is 297 g/mol. The number of benzene rings is 2. The largest absolute Gasteiger partial charge is 0.508 e. The van der Waals surface area contributed by atoms with Gasteiger partial charge in [0.15, 0.2) is 0 Å². The summed E-state index contributed by atoms with van der Waals surface area (Å²) in [5, 5.41) is 9.44. The van der Waals surface area contributed by atoms with Crippen molar-refractivity contribution in [3.8, 4) is 11.5 Å². The molecule has 22 heavy (non-hydrogen) atoms. The lowest BCUT2D eigenvalue weighted by Gasteiger charge is -2.35. The van der Waals surface area contributed by atoms with Crippen molar-refractivity contribution in [2.24, 2.45) is 0 Å². The summed E-state index contributed by atoms with van der Waals surface area (Å²) in [6, 6.07) is 12.3. The van der Waals surface area contributed by atoms with Gasteiger partial charge in [-0.1, -0.05) is 18.2 Å². The third kappa shape index (κ3) is 2.81. The van der Waals surface area contributed by atoms with E-state index in [0.717, 1.165) is 25.1 Å². The summed E-state index contributed by atoms with van der Waals surface area (Å²) < 4.78 is 5.51. The molecule has 3 rings (SSSR count). The van der Waals surface area contributed by atoms with Gasteiger partial charge in [-0.15, -0.1) is 0 Å². The van der Waals surface area contributed by atoms with Gasteiger partial charge in [0.25, 0.3) is 0 Å². The number of rotatable bonds is 3. The van der Waals surface area contributed by atoms with E-state index in [2.05, 4.69) is 31.0 Å². The molecular weight excluding hydrogens is 274 g/mol. The topological polar surface area (TPSA) is 32.7 Å². The molecule has 2 aromatic rings. The van der Waals surface area contributed by atoms with E-state index in [1.807, 2.05) is 12.1 Å². The highest BCUT2D eigenvalue weighted by atomic mass is 16.5. The standard InChI is InChI=1S/C19H23NO2/c1-13-10-15-8-9-20(2)18(17(15)12-19(13)22-3)11-14-4-6-16(21)7-5-14/h4-7,10,12,18,21H,8-9,11H2,1-3H3. The number of methoxy groups -OCH3 is 1. The van der Waals surface area contributed by atoms with E-state index in [1.54, 1.807) is 19.2 Å². The molecule has 1 unspecified atom stereocenters. The van der Waals surface area contributed by atoms with Crippen molar-refractivity contribution < 1.29 is 9.84 Å². The summed E-state index contributed by atoms with van der Waals surface area (Å²) >= 11 is 0. The third-order valence-electron chi connectivity index (χ3n) is 4.65. The van der Waals surface area contributed by atoms with Crippen molar-refractivity contribution in [2.45, 2.75) is 25.8 Å². The van der Waals surface area contributed by atoms with Gasteiger partial charge in [-0.25, -0.2) is 0 Å². The first-order valence-corrected chi connectivity index (χ1v) is 7.74. The number of aryl methyl sites for hydroxylation is 1. The molecule has 0 fully saturated rings. The minimum absolute atomic E-state index is 0.318. The quantitative estimate of drug-likeness (QED) is 0.941. The van der Waals surface area contributed by atoms with Crippen LogP contribution in [0.25, 0.3) is 0 Å². The summed E-state index contributed by atoms with van der Waals surface area (Å²) in [4.78, 5) is 2.41. The summed E-state index contributed by atoms with van der Waals surface area (Å²) in [5.74, 6) is 1.28. The predicted molar refractivity (Wildman–Crippen MR) is 88.6 cm³/mol. The van der Waals surface area contributed by atoms with Gasteiger partial charge in [-0.2, -0.15) is 0 Å². The van der Waals surface area contributed by atoms with Gasteiger partial charge in [-0.3, -0.25) is 4.90 Å². The Kier molecular flexibility index (Phi) is 4.08. The lowest BCUT2D eigenvalue weighted by Crippen LogP contribution is -2.33. The van der Waals surface area contributed by atoms with Gasteiger partial charge in [-0.05, 0) is 67.3 Å². The maximum absolute atomic E-state index is 9.44. The molecule has 1 atom stereocenters. The first-order chi connectivity index (χ1) is 10.6. The van der Waals surface area contributed by atoms with Crippen LogP contribution in [0.3, 0.4) is 0 Å². The van der Waals surface area contributed by atoms with Gasteiger partial charge in [0.1, 0.15) is 11.5 Å². The van der Waals surface area contributed by atoms with Crippen molar-refractivity contribution in [2.75, 3.05) is 20.7 Å². The maximum atomic E-state index is 9.44. The van der Waals surface area contributed by atoms with Crippen molar-refractivity contribution >= 4 is 0 Å². The normalized spacial score (nSPS) is 18.0. The van der Waals surface area contributed by atoms with Crippen molar-refractivity contribution in [3.05, 3.63) is 58.7 Å². The van der Waals surface area contributed by atoms with Crippen LogP contribution in [0.15, 0.2) is 36.4 Å². The van der Waals surface area contributed by atoms with Gasteiger partial charge in [0, 0.05) is 12.6 Å². The molecular formula is C19H23NO2. The Morgan fingerprint density at radius 2 is 1.95 bits per heavy atom. The number of hydrogen-bond donors (Lipinski definition) is 1. The second-order valence-electron chi connectivity index (χ2n) is 6.14. The molecule has 1 aliphatic rings. The van der Waals surface area contributed by atoms with Crippen molar-refractivity contribution in [3.63, 3.8) is 0 Å². The number of aromatic hydroxyl groups is 1. The summed E-state index contributed by atoms with van der Waals surface area (Å²) in [5.41, 5.74) is 5.24. The molecule has 0 saturated carbocycles. The second-order valence-corrected chi connectivity index (χ2v) is 6.14. The molecule has 3 heteroatoms. The molecule has 0 aromatic heterocycles. The van der Waals surface area contributed by atoms with Crippen molar-refractivity contribution in [1.29, 1.82) is 0 Å². The Labute approximate surface area is 132 Å². The third-order valence-corrected chi connectivity index (χ3v) is 4.65. The lowest BCUT2D eigenvalue weighted by molar-refractivity contribution is 0.228. The number of fused-ring (bicyclic) bond motifs is 1. The molecule has 0 saturated heterocycles. The predicted octanol–water partition coefficient (Wildman–Crippen LogP) is 3.48. The molecule has 0 spiro atoms. The van der Waals surface area contributed by atoms with Crippen LogP contribution in [0.2, 0.25) is 0 Å². The van der Waals surface area contributed by atoms with Crippen LogP contribution >= 0.6 is 0 Å². The van der Waals surface area contributed by atoms with E-state index in [-0.39, 0.29) is 0 Å². The first kappa shape index (κ1) is 14.9. The molecule has 0 bridgehead atoms. The van der Waals surface area contributed by atoms with E-state index in [9.17, 15) is 5.11 Å². The van der Waals surface area contributed by atoms with Gasteiger partial charge < -0.3 is 9.84 Å². The summed E-state index contributed by atoms with van der Waals surface area (Å²) in [6.07, 6.45) is 2.03. The van der Waals surface area contributed by atoms with E-state index in [1.165, 1.54) is 22.3 Å². The molecule has 1 aliphatic heterocycles. The van der Waals surface area contributed by atoms with Crippen LogP contribution in [-0.2, 0) is 12.8 Å². The molecule has 1 heterocycles. The number of phenolic OH excluding ortho intramolecular Hbond substituents is 1. The zero-order valence-electron chi connectivity index (χ0n) is 13.5. The Bertz CT molecular complexity index is 664. The Hall–Kier alpha value is -2.00. The monoisotopic (exact) mass is 297 g/mol. The molecule has 0 amide bonds.